The molecule has 0 saturated heterocycles. The van der Waals surface area contributed by atoms with E-state index in [0.29, 0.717) is 15.6 Å². The third-order valence-electron chi connectivity index (χ3n) is 3.73. The second kappa shape index (κ2) is 6.55. The normalized spacial score (nSPS) is 14.6. The average molecular weight is 332 g/mol. The summed E-state index contributed by atoms with van der Waals surface area (Å²) in [7, 11) is 0. The summed E-state index contributed by atoms with van der Waals surface area (Å²) in [5.41, 5.74) is 2.90. The Morgan fingerprint density at radius 3 is 2.50 bits per heavy atom. The molecule has 2 nitrogen and oxygen atoms in total. The fourth-order valence-corrected chi connectivity index (χ4v) is 2.88. The molecule has 0 atom stereocenters. The number of rotatable bonds is 2. The molecule has 0 aliphatic carbocycles. The lowest BCUT2D eigenvalue weighted by atomic mass is 9.99. The lowest BCUT2D eigenvalue weighted by Gasteiger charge is -2.25. The molecule has 0 radical (unpaired) electrons. The van der Waals surface area contributed by atoms with E-state index in [9.17, 15) is 4.79 Å². The fourth-order valence-electron chi connectivity index (χ4n) is 2.58. The first kappa shape index (κ1) is 15.1. The number of benzene rings is 2. The zero-order chi connectivity index (χ0) is 15.5. The van der Waals surface area contributed by atoms with Gasteiger partial charge in [0.15, 0.2) is 0 Å². The number of nitrogens with zero attached hydrogens (tertiary/aromatic N) is 1. The maximum Gasteiger partial charge on any atom is 0.257 e. The first-order valence-electron chi connectivity index (χ1n) is 7.17. The summed E-state index contributed by atoms with van der Waals surface area (Å²) in [6.07, 6.45) is 3.88. The van der Waals surface area contributed by atoms with Crippen LogP contribution in [0.5, 0.6) is 0 Å². The van der Waals surface area contributed by atoms with Crippen LogP contribution in [0.3, 0.4) is 0 Å². The van der Waals surface area contributed by atoms with Crippen molar-refractivity contribution in [3.05, 3.63) is 75.9 Å². The molecular weight excluding hydrogens is 317 g/mol. The molecule has 112 valence electrons. The Morgan fingerprint density at radius 2 is 1.77 bits per heavy atom. The number of carbonyl (C=O) groups excluding carboxylic acids is 1. The van der Waals surface area contributed by atoms with Gasteiger partial charge in [-0.15, -0.1) is 0 Å². The fraction of sp³-hybridized carbons (Fsp3) is 0.167. The lowest BCUT2D eigenvalue weighted by Crippen LogP contribution is -2.29. The summed E-state index contributed by atoms with van der Waals surface area (Å²) in [6, 6.07) is 15.1. The smallest absolute Gasteiger partial charge is 0.257 e. The van der Waals surface area contributed by atoms with Crippen LogP contribution in [0, 0.1) is 0 Å². The van der Waals surface area contributed by atoms with Crippen LogP contribution in [0.4, 0.5) is 0 Å². The van der Waals surface area contributed by atoms with Crippen molar-refractivity contribution < 1.29 is 4.79 Å². The highest BCUT2D eigenvalue weighted by Crippen LogP contribution is 2.27. The molecule has 1 aliphatic rings. The van der Waals surface area contributed by atoms with Crippen molar-refractivity contribution >= 4 is 34.7 Å². The van der Waals surface area contributed by atoms with Crippen LogP contribution >= 0.6 is 23.2 Å². The van der Waals surface area contributed by atoms with E-state index in [0.717, 1.165) is 24.9 Å². The van der Waals surface area contributed by atoms with Gasteiger partial charge in [-0.2, -0.15) is 0 Å². The third-order valence-corrected chi connectivity index (χ3v) is 4.47. The zero-order valence-electron chi connectivity index (χ0n) is 11.9. The number of amides is 1. The summed E-state index contributed by atoms with van der Waals surface area (Å²) >= 11 is 11.9. The summed E-state index contributed by atoms with van der Waals surface area (Å²) < 4.78 is 0. The van der Waals surface area contributed by atoms with Gasteiger partial charge in [0.1, 0.15) is 0 Å². The summed E-state index contributed by atoms with van der Waals surface area (Å²) in [6.45, 7) is 0.718. The van der Waals surface area contributed by atoms with Gasteiger partial charge in [-0.25, -0.2) is 0 Å². The minimum Gasteiger partial charge on any atom is -0.315 e. The highest BCUT2D eigenvalue weighted by atomic mass is 35.5. The maximum atomic E-state index is 12.6. The molecule has 0 fully saturated rings. The van der Waals surface area contributed by atoms with Crippen molar-refractivity contribution in [2.24, 2.45) is 0 Å². The van der Waals surface area contributed by atoms with Gasteiger partial charge in [-0.3, -0.25) is 4.79 Å². The number of hydrogen-bond donors (Lipinski definition) is 0. The monoisotopic (exact) mass is 331 g/mol. The number of allylic oxidation sites excluding steroid dienone is 1. The third kappa shape index (κ3) is 3.18. The maximum absolute atomic E-state index is 12.6. The van der Waals surface area contributed by atoms with Gasteiger partial charge >= 0.3 is 0 Å². The molecule has 2 aromatic rings. The Bertz CT molecular complexity index is 725. The van der Waals surface area contributed by atoms with E-state index in [1.807, 2.05) is 24.4 Å². The van der Waals surface area contributed by atoms with Crippen LogP contribution < -0.4 is 0 Å². The molecule has 0 spiro atoms. The summed E-state index contributed by atoms with van der Waals surface area (Å²) in [5, 5.41) is 0.856. The van der Waals surface area contributed by atoms with E-state index < -0.39 is 0 Å². The van der Waals surface area contributed by atoms with E-state index in [1.54, 1.807) is 23.1 Å². The molecule has 1 aliphatic heterocycles. The van der Waals surface area contributed by atoms with Gasteiger partial charge in [0, 0.05) is 18.3 Å². The predicted molar refractivity (Wildman–Crippen MR) is 91.2 cm³/mol. The van der Waals surface area contributed by atoms with E-state index in [-0.39, 0.29) is 5.91 Å². The first-order chi connectivity index (χ1) is 10.6. The standard InChI is InChI=1S/C18H15Cl2NO/c19-16-9-8-14(11-17(16)20)18(22)21-10-4-7-15(12-21)13-5-2-1-3-6-13/h1-3,5-6,8-9,11-12H,4,7,10H2. The van der Waals surface area contributed by atoms with Gasteiger partial charge < -0.3 is 4.90 Å². The molecule has 22 heavy (non-hydrogen) atoms. The van der Waals surface area contributed by atoms with Crippen molar-refractivity contribution in [2.75, 3.05) is 6.54 Å². The number of carbonyl (C=O) groups is 1. The van der Waals surface area contributed by atoms with Crippen LogP contribution in [0.25, 0.3) is 5.57 Å². The van der Waals surface area contributed by atoms with Crippen molar-refractivity contribution in [3.63, 3.8) is 0 Å². The Hall–Kier alpha value is -1.77. The quantitative estimate of drug-likeness (QED) is 0.733. The van der Waals surface area contributed by atoms with Crippen LogP contribution in [0.2, 0.25) is 10.0 Å². The van der Waals surface area contributed by atoms with E-state index in [4.69, 9.17) is 23.2 Å². The van der Waals surface area contributed by atoms with Crippen molar-refractivity contribution in [3.8, 4) is 0 Å². The Labute approximate surface area is 140 Å². The molecule has 0 N–H and O–H groups in total. The second-order valence-electron chi connectivity index (χ2n) is 5.25. The van der Waals surface area contributed by atoms with E-state index in [2.05, 4.69) is 12.1 Å². The Kier molecular flexibility index (Phi) is 4.51. The molecule has 0 bridgehead atoms. The van der Waals surface area contributed by atoms with Gasteiger partial charge in [-0.1, -0.05) is 53.5 Å². The molecule has 0 aromatic heterocycles. The summed E-state index contributed by atoms with van der Waals surface area (Å²) in [5.74, 6) is -0.0494. The Morgan fingerprint density at radius 1 is 1.00 bits per heavy atom. The van der Waals surface area contributed by atoms with Crippen molar-refractivity contribution in [1.29, 1.82) is 0 Å². The van der Waals surface area contributed by atoms with Crippen molar-refractivity contribution in [1.82, 2.24) is 4.90 Å². The summed E-state index contributed by atoms with van der Waals surface area (Å²) in [4.78, 5) is 14.4. The van der Waals surface area contributed by atoms with Crippen molar-refractivity contribution in [2.45, 2.75) is 12.8 Å². The van der Waals surface area contributed by atoms with E-state index >= 15 is 0 Å². The second-order valence-corrected chi connectivity index (χ2v) is 6.07. The molecule has 0 saturated carbocycles. The molecule has 1 heterocycles. The molecule has 3 rings (SSSR count). The average Bonchev–Trinajstić information content (AvgIpc) is 2.57. The van der Waals surface area contributed by atoms with Crippen LogP contribution in [0.15, 0.2) is 54.7 Å². The zero-order valence-corrected chi connectivity index (χ0v) is 13.4. The van der Waals surface area contributed by atoms with Crippen LogP contribution in [0.1, 0.15) is 28.8 Å². The minimum atomic E-state index is -0.0494. The van der Waals surface area contributed by atoms with Gasteiger partial charge in [0.05, 0.1) is 10.0 Å². The SMILES string of the molecule is O=C(c1ccc(Cl)c(Cl)c1)N1C=C(c2ccccc2)CCC1. The molecular formula is C18H15Cl2NO. The van der Waals surface area contributed by atoms with Crippen LogP contribution in [-0.2, 0) is 0 Å². The molecule has 2 aromatic carbocycles. The largest absolute Gasteiger partial charge is 0.315 e. The minimum absolute atomic E-state index is 0.0494. The van der Waals surface area contributed by atoms with Gasteiger partial charge in [0.2, 0.25) is 0 Å². The highest BCUT2D eigenvalue weighted by Gasteiger charge is 2.19. The van der Waals surface area contributed by atoms with Gasteiger partial charge in [-0.05, 0) is 42.2 Å². The first-order valence-corrected chi connectivity index (χ1v) is 7.93. The number of hydrogen-bond acceptors (Lipinski definition) is 1. The lowest BCUT2D eigenvalue weighted by molar-refractivity contribution is 0.0817. The topological polar surface area (TPSA) is 20.3 Å². The molecule has 4 heteroatoms. The van der Waals surface area contributed by atoms with E-state index in [1.165, 1.54) is 5.57 Å². The Balaban J connectivity index is 1.87. The number of halogens is 2. The molecule has 0 unspecified atom stereocenters. The van der Waals surface area contributed by atoms with Gasteiger partial charge in [0.25, 0.3) is 5.91 Å². The van der Waals surface area contributed by atoms with Crippen LogP contribution in [-0.4, -0.2) is 17.4 Å². The predicted octanol–water partition coefficient (Wildman–Crippen LogP) is 5.27. The molecule has 1 amide bonds. The highest BCUT2D eigenvalue weighted by molar-refractivity contribution is 6.42.